The normalized spacial score (nSPS) is 27.8. The number of alkyl halides is 1. The molecule has 1 aliphatic rings. The van der Waals surface area contributed by atoms with Crippen molar-refractivity contribution in [1.29, 1.82) is 0 Å². The number of hydrogen-bond donors (Lipinski definition) is 0. The summed E-state index contributed by atoms with van der Waals surface area (Å²) in [7, 11) is 0. The van der Waals surface area contributed by atoms with Crippen molar-refractivity contribution >= 4 is 37.4 Å². The molecule has 0 N–H and O–H groups in total. The third-order valence-electron chi connectivity index (χ3n) is 4.62. The summed E-state index contributed by atoms with van der Waals surface area (Å²) in [5.41, 5.74) is 1.56. The summed E-state index contributed by atoms with van der Waals surface area (Å²) in [6.45, 7) is 2.34. The molecule has 1 saturated carbocycles. The number of hydrogen-bond acceptors (Lipinski definition) is 1. The van der Waals surface area contributed by atoms with Crippen LogP contribution in [0.5, 0.6) is 0 Å². The number of halogens is 1. The van der Waals surface area contributed by atoms with Crippen LogP contribution in [-0.4, -0.2) is 4.83 Å². The van der Waals surface area contributed by atoms with E-state index in [1.807, 2.05) is 11.3 Å². The van der Waals surface area contributed by atoms with Gasteiger partial charge in [0.15, 0.2) is 0 Å². The maximum absolute atomic E-state index is 3.92. The lowest BCUT2D eigenvalue weighted by molar-refractivity contribution is 0.271. The lowest BCUT2D eigenvalue weighted by Crippen LogP contribution is -2.26. The van der Waals surface area contributed by atoms with Crippen molar-refractivity contribution in [3.05, 3.63) is 35.2 Å². The second-order valence-corrected chi connectivity index (χ2v) is 7.91. The minimum Gasteiger partial charge on any atom is -0.144 e. The molecule has 1 aromatic carbocycles. The molecule has 1 aromatic heterocycles. The van der Waals surface area contributed by atoms with E-state index < -0.39 is 0 Å². The van der Waals surface area contributed by atoms with Gasteiger partial charge in [-0.2, -0.15) is 0 Å². The van der Waals surface area contributed by atoms with Gasteiger partial charge in [-0.3, -0.25) is 0 Å². The minimum atomic E-state index is 0.717. The van der Waals surface area contributed by atoms with Gasteiger partial charge in [0.25, 0.3) is 0 Å². The number of fused-ring (bicyclic) bond motifs is 1. The quantitative estimate of drug-likeness (QED) is 0.600. The monoisotopic (exact) mass is 336 g/mol. The maximum Gasteiger partial charge on any atom is 0.0345 e. The van der Waals surface area contributed by atoms with Crippen molar-refractivity contribution in [1.82, 2.24) is 0 Å². The Morgan fingerprint density at radius 2 is 2.11 bits per heavy atom. The summed E-state index contributed by atoms with van der Waals surface area (Å²) in [4.78, 5) is 0.717. The lowest BCUT2D eigenvalue weighted by Gasteiger charge is -2.32. The standard InChI is InChI=1S/C17H21BrS/c1-2-12-7-8-16(18)13(9-12)10-14-11-19-17-6-4-3-5-15(14)17/h3-6,11-13,16H,2,7-10H2,1H3. The van der Waals surface area contributed by atoms with Crippen molar-refractivity contribution in [2.45, 2.75) is 43.9 Å². The van der Waals surface area contributed by atoms with Crippen LogP contribution in [0.1, 0.15) is 38.2 Å². The molecule has 1 fully saturated rings. The third kappa shape index (κ3) is 2.90. The van der Waals surface area contributed by atoms with Crippen molar-refractivity contribution in [3.8, 4) is 0 Å². The molecular weight excluding hydrogens is 316 g/mol. The second kappa shape index (κ2) is 5.97. The van der Waals surface area contributed by atoms with Gasteiger partial charge in [-0.1, -0.05) is 47.5 Å². The van der Waals surface area contributed by atoms with Gasteiger partial charge in [0.2, 0.25) is 0 Å². The zero-order valence-electron chi connectivity index (χ0n) is 11.4. The molecule has 0 nitrogen and oxygen atoms in total. The zero-order valence-corrected chi connectivity index (χ0v) is 13.8. The van der Waals surface area contributed by atoms with E-state index in [4.69, 9.17) is 0 Å². The molecule has 3 atom stereocenters. The Morgan fingerprint density at radius 1 is 1.26 bits per heavy atom. The summed E-state index contributed by atoms with van der Waals surface area (Å²) >= 11 is 5.82. The van der Waals surface area contributed by atoms with Crippen molar-refractivity contribution in [3.63, 3.8) is 0 Å². The smallest absolute Gasteiger partial charge is 0.0345 e. The Morgan fingerprint density at radius 3 is 2.95 bits per heavy atom. The molecule has 3 rings (SSSR count). The summed E-state index contributed by atoms with van der Waals surface area (Å²) in [5.74, 6) is 1.76. The first-order chi connectivity index (χ1) is 9.28. The molecule has 3 unspecified atom stereocenters. The van der Waals surface area contributed by atoms with E-state index in [2.05, 4.69) is 52.5 Å². The molecule has 2 heteroatoms. The molecule has 0 aliphatic heterocycles. The van der Waals surface area contributed by atoms with Crippen molar-refractivity contribution < 1.29 is 0 Å². The highest BCUT2D eigenvalue weighted by Crippen LogP contribution is 2.39. The van der Waals surface area contributed by atoms with Gasteiger partial charge in [-0.15, -0.1) is 11.3 Å². The average Bonchev–Trinajstić information content (AvgIpc) is 2.85. The van der Waals surface area contributed by atoms with Gasteiger partial charge >= 0.3 is 0 Å². The van der Waals surface area contributed by atoms with Crippen LogP contribution in [0.25, 0.3) is 10.1 Å². The molecule has 0 radical (unpaired) electrons. The first-order valence-electron chi connectivity index (χ1n) is 7.37. The summed E-state index contributed by atoms with van der Waals surface area (Å²) in [6, 6.07) is 8.83. The lowest BCUT2D eigenvalue weighted by atomic mass is 9.77. The van der Waals surface area contributed by atoms with Crippen LogP contribution < -0.4 is 0 Å². The second-order valence-electron chi connectivity index (χ2n) is 5.82. The fourth-order valence-corrected chi connectivity index (χ4v) is 5.02. The molecule has 0 spiro atoms. The fraction of sp³-hybridized carbons (Fsp3) is 0.529. The minimum absolute atomic E-state index is 0.717. The molecule has 2 aromatic rings. The fourth-order valence-electron chi connectivity index (χ4n) is 3.38. The van der Waals surface area contributed by atoms with Crippen LogP contribution in [0.15, 0.2) is 29.6 Å². The van der Waals surface area contributed by atoms with E-state index in [1.54, 1.807) is 5.56 Å². The molecule has 1 aliphatic carbocycles. The van der Waals surface area contributed by atoms with Crippen LogP contribution >= 0.6 is 27.3 Å². The van der Waals surface area contributed by atoms with E-state index in [0.717, 1.165) is 11.8 Å². The Kier molecular flexibility index (Phi) is 4.28. The SMILES string of the molecule is CCC1CCC(Br)C(Cc2csc3ccccc23)C1. The van der Waals surface area contributed by atoms with E-state index in [9.17, 15) is 0 Å². The molecule has 102 valence electrons. The largest absolute Gasteiger partial charge is 0.144 e. The Balaban J connectivity index is 1.80. The third-order valence-corrected chi connectivity index (χ3v) is 6.84. The Bertz CT molecular complexity index is 545. The molecule has 0 saturated heterocycles. The Labute approximate surface area is 128 Å². The molecule has 0 amide bonds. The molecule has 0 bridgehead atoms. The van der Waals surface area contributed by atoms with Gasteiger partial charge in [0.1, 0.15) is 0 Å². The van der Waals surface area contributed by atoms with Crippen molar-refractivity contribution in [2.24, 2.45) is 11.8 Å². The van der Waals surface area contributed by atoms with Gasteiger partial charge in [-0.05, 0) is 59.9 Å². The van der Waals surface area contributed by atoms with Crippen LogP contribution in [0, 0.1) is 11.8 Å². The van der Waals surface area contributed by atoms with Gasteiger partial charge in [0, 0.05) is 9.53 Å². The molecular formula is C17H21BrS. The highest BCUT2D eigenvalue weighted by atomic mass is 79.9. The summed E-state index contributed by atoms with van der Waals surface area (Å²) in [5, 5.41) is 3.85. The van der Waals surface area contributed by atoms with E-state index in [0.29, 0.717) is 4.83 Å². The van der Waals surface area contributed by atoms with E-state index in [-0.39, 0.29) is 0 Å². The average molecular weight is 337 g/mol. The zero-order chi connectivity index (χ0) is 13.2. The molecule has 1 heterocycles. The Hall–Kier alpha value is -0.340. The first kappa shape index (κ1) is 13.6. The highest BCUT2D eigenvalue weighted by Gasteiger charge is 2.28. The van der Waals surface area contributed by atoms with Crippen molar-refractivity contribution in [2.75, 3.05) is 0 Å². The van der Waals surface area contributed by atoms with Crippen LogP contribution in [-0.2, 0) is 6.42 Å². The highest BCUT2D eigenvalue weighted by molar-refractivity contribution is 9.09. The summed E-state index contributed by atoms with van der Waals surface area (Å²) in [6.07, 6.45) is 6.76. The summed E-state index contributed by atoms with van der Waals surface area (Å²) < 4.78 is 1.44. The number of rotatable bonds is 3. The topological polar surface area (TPSA) is 0 Å². The van der Waals surface area contributed by atoms with E-state index >= 15 is 0 Å². The predicted octanol–water partition coefficient (Wildman–Crippen LogP) is 6.03. The maximum atomic E-state index is 3.92. The molecule has 19 heavy (non-hydrogen) atoms. The van der Waals surface area contributed by atoms with Crippen LogP contribution in [0.3, 0.4) is 0 Å². The number of benzene rings is 1. The predicted molar refractivity (Wildman–Crippen MR) is 89.4 cm³/mol. The van der Waals surface area contributed by atoms with E-state index in [1.165, 1.54) is 42.2 Å². The van der Waals surface area contributed by atoms with Gasteiger partial charge in [0.05, 0.1) is 0 Å². The van der Waals surface area contributed by atoms with Gasteiger partial charge < -0.3 is 0 Å². The first-order valence-corrected chi connectivity index (χ1v) is 9.16. The van der Waals surface area contributed by atoms with Crippen LogP contribution in [0.2, 0.25) is 0 Å². The number of thiophene rings is 1. The van der Waals surface area contributed by atoms with Gasteiger partial charge in [-0.25, -0.2) is 0 Å². The van der Waals surface area contributed by atoms with Crippen LogP contribution in [0.4, 0.5) is 0 Å².